The fourth-order valence-electron chi connectivity index (χ4n) is 2.40. The molecule has 0 aromatic carbocycles. The molecule has 2 rings (SSSR count). The molecule has 1 saturated carbocycles. The second-order valence-corrected chi connectivity index (χ2v) is 3.55. The number of allylic oxidation sites excluding steroid dienone is 1. The molecule has 0 heterocycles. The largest absolute Gasteiger partial charge is 0.330 e. The summed E-state index contributed by atoms with van der Waals surface area (Å²) in [7, 11) is 0. The average molecular weight is 137 g/mol. The topological polar surface area (TPSA) is 26.0 Å². The Kier molecular flexibility index (Phi) is 1.53. The van der Waals surface area contributed by atoms with Gasteiger partial charge in [0, 0.05) is 0 Å². The highest BCUT2D eigenvalue weighted by molar-refractivity contribution is 5.19. The first kappa shape index (κ1) is 6.41. The van der Waals surface area contributed by atoms with Crippen molar-refractivity contribution in [3.63, 3.8) is 0 Å². The van der Waals surface area contributed by atoms with Gasteiger partial charge in [0.2, 0.25) is 0 Å². The highest BCUT2D eigenvalue weighted by atomic mass is 14.5. The van der Waals surface area contributed by atoms with E-state index in [1.807, 2.05) is 0 Å². The van der Waals surface area contributed by atoms with Gasteiger partial charge in [-0.15, -0.1) is 0 Å². The van der Waals surface area contributed by atoms with Crippen LogP contribution < -0.4 is 5.73 Å². The molecule has 2 atom stereocenters. The minimum absolute atomic E-state index is 0.842. The van der Waals surface area contributed by atoms with Gasteiger partial charge in [0.1, 0.15) is 0 Å². The molecular formula is C9H15N. The van der Waals surface area contributed by atoms with Gasteiger partial charge in [0.15, 0.2) is 0 Å². The molecule has 1 heteroatoms. The van der Waals surface area contributed by atoms with Crippen molar-refractivity contribution in [2.45, 2.75) is 25.7 Å². The van der Waals surface area contributed by atoms with Crippen LogP contribution in [0.3, 0.4) is 0 Å². The Balaban J connectivity index is 2.03. The van der Waals surface area contributed by atoms with Gasteiger partial charge in [0.25, 0.3) is 0 Å². The van der Waals surface area contributed by atoms with Crippen molar-refractivity contribution in [3.05, 3.63) is 11.6 Å². The van der Waals surface area contributed by atoms with E-state index in [0.717, 1.165) is 24.8 Å². The van der Waals surface area contributed by atoms with Crippen LogP contribution in [0.25, 0.3) is 0 Å². The number of rotatable bonds is 2. The third-order valence-corrected chi connectivity index (χ3v) is 2.88. The molecule has 0 radical (unpaired) electrons. The van der Waals surface area contributed by atoms with Crippen LogP contribution in [0.4, 0.5) is 0 Å². The molecule has 2 unspecified atom stereocenters. The summed E-state index contributed by atoms with van der Waals surface area (Å²) in [6, 6.07) is 0. The van der Waals surface area contributed by atoms with E-state index in [1.54, 1.807) is 5.57 Å². The van der Waals surface area contributed by atoms with E-state index >= 15 is 0 Å². The van der Waals surface area contributed by atoms with Crippen molar-refractivity contribution in [3.8, 4) is 0 Å². The normalized spacial score (nSPS) is 36.7. The maximum absolute atomic E-state index is 5.50. The summed E-state index contributed by atoms with van der Waals surface area (Å²) in [5.74, 6) is 1.88. The van der Waals surface area contributed by atoms with Gasteiger partial charge in [-0.25, -0.2) is 0 Å². The monoisotopic (exact) mass is 137 g/mol. The van der Waals surface area contributed by atoms with Crippen molar-refractivity contribution >= 4 is 0 Å². The van der Waals surface area contributed by atoms with E-state index in [0.29, 0.717) is 0 Å². The molecule has 0 aromatic heterocycles. The highest BCUT2D eigenvalue weighted by Gasteiger charge is 2.31. The first-order valence-electron chi connectivity index (χ1n) is 4.31. The molecule has 2 aliphatic carbocycles. The van der Waals surface area contributed by atoms with Gasteiger partial charge in [-0.1, -0.05) is 11.6 Å². The number of nitrogens with two attached hydrogens (primary N) is 1. The maximum Gasteiger partial charge on any atom is -0.00398 e. The Labute approximate surface area is 62.3 Å². The molecule has 2 bridgehead atoms. The lowest BCUT2D eigenvalue weighted by Crippen LogP contribution is -2.05. The van der Waals surface area contributed by atoms with Crippen LogP contribution in [0.1, 0.15) is 25.7 Å². The second-order valence-electron chi connectivity index (χ2n) is 3.55. The lowest BCUT2D eigenvalue weighted by Gasteiger charge is -2.11. The lowest BCUT2D eigenvalue weighted by molar-refractivity contribution is 0.628. The van der Waals surface area contributed by atoms with Crippen molar-refractivity contribution in [2.24, 2.45) is 17.6 Å². The Hall–Kier alpha value is -0.300. The Morgan fingerprint density at radius 3 is 2.90 bits per heavy atom. The van der Waals surface area contributed by atoms with Crippen molar-refractivity contribution in [1.29, 1.82) is 0 Å². The minimum atomic E-state index is 0.842. The van der Waals surface area contributed by atoms with Gasteiger partial charge < -0.3 is 5.73 Å². The second kappa shape index (κ2) is 2.39. The summed E-state index contributed by atoms with van der Waals surface area (Å²) in [5.41, 5.74) is 7.16. The molecule has 0 aliphatic heterocycles. The fourth-order valence-corrected chi connectivity index (χ4v) is 2.40. The van der Waals surface area contributed by atoms with E-state index in [4.69, 9.17) is 5.73 Å². The molecule has 0 saturated heterocycles. The third-order valence-electron chi connectivity index (χ3n) is 2.88. The van der Waals surface area contributed by atoms with Crippen LogP contribution >= 0.6 is 0 Å². The van der Waals surface area contributed by atoms with Crippen LogP contribution in [-0.2, 0) is 0 Å². The van der Waals surface area contributed by atoms with E-state index < -0.39 is 0 Å². The van der Waals surface area contributed by atoms with Gasteiger partial charge in [-0.05, 0) is 44.1 Å². The standard InChI is InChI=1S/C9H15N/c10-4-3-9-6-7-1-2-8(9)5-7/h6-8H,1-5,10H2. The zero-order valence-electron chi connectivity index (χ0n) is 6.34. The van der Waals surface area contributed by atoms with E-state index in [2.05, 4.69) is 6.08 Å². The summed E-state index contributed by atoms with van der Waals surface area (Å²) in [6.45, 7) is 0.842. The van der Waals surface area contributed by atoms with Crippen molar-refractivity contribution < 1.29 is 0 Å². The Morgan fingerprint density at radius 1 is 1.50 bits per heavy atom. The molecule has 10 heavy (non-hydrogen) atoms. The summed E-state index contributed by atoms with van der Waals surface area (Å²) < 4.78 is 0. The summed E-state index contributed by atoms with van der Waals surface area (Å²) in [5, 5.41) is 0. The molecule has 2 N–H and O–H groups in total. The minimum Gasteiger partial charge on any atom is -0.330 e. The predicted octanol–water partition coefficient (Wildman–Crippen LogP) is 1.69. The van der Waals surface area contributed by atoms with E-state index in [1.165, 1.54) is 19.3 Å². The zero-order valence-corrected chi connectivity index (χ0v) is 6.34. The molecule has 1 fully saturated rings. The Bertz CT molecular complexity index is 160. The Morgan fingerprint density at radius 2 is 2.40 bits per heavy atom. The average Bonchev–Trinajstić information content (AvgIpc) is 2.48. The fraction of sp³-hybridized carbons (Fsp3) is 0.778. The summed E-state index contributed by atoms with van der Waals surface area (Å²) in [4.78, 5) is 0. The lowest BCUT2D eigenvalue weighted by atomic mass is 9.96. The summed E-state index contributed by atoms with van der Waals surface area (Å²) >= 11 is 0. The molecule has 2 aliphatic rings. The zero-order chi connectivity index (χ0) is 6.97. The van der Waals surface area contributed by atoms with Crippen molar-refractivity contribution in [1.82, 2.24) is 0 Å². The van der Waals surface area contributed by atoms with Gasteiger partial charge in [-0.3, -0.25) is 0 Å². The number of hydrogen-bond acceptors (Lipinski definition) is 1. The predicted molar refractivity (Wildman–Crippen MR) is 42.6 cm³/mol. The highest BCUT2D eigenvalue weighted by Crippen LogP contribution is 2.44. The van der Waals surface area contributed by atoms with E-state index in [9.17, 15) is 0 Å². The van der Waals surface area contributed by atoms with Gasteiger partial charge in [0.05, 0.1) is 0 Å². The smallest absolute Gasteiger partial charge is 0.00398 e. The number of hydrogen-bond donors (Lipinski definition) is 1. The molecule has 0 spiro atoms. The molecule has 0 aromatic rings. The van der Waals surface area contributed by atoms with Crippen LogP contribution in [0.15, 0.2) is 11.6 Å². The van der Waals surface area contributed by atoms with Crippen LogP contribution in [-0.4, -0.2) is 6.54 Å². The maximum atomic E-state index is 5.50. The first-order chi connectivity index (χ1) is 4.90. The van der Waals surface area contributed by atoms with Gasteiger partial charge >= 0.3 is 0 Å². The van der Waals surface area contributed by atoms with Crippen LogP contribution in [0, 0.1) is 11.8 Å². The first-order valence-corrected chi connectivity index (χ1v) is 4.31. The van der Waals surface area contributed by atoms with Crippen LogP contribution in [0.2, 0.25) is 0 Å². The SMILES string of the molecule is NCCC1=CC2CCC1C2. The van der Waals surface area contributed by atoms with Crippen molar-refractivity contribution in [2.75, 3.05) is 6.54 Å². The van der Waals surface area contributed by atoms with Gasteiger partial charge in [-0.2, -0.15) is 0 Å². The third kappa shape index (κ3) is 0.891. The van der Waals surface area contributed by atoms with E-state index in [-0.39, 0.29) is 0 Å². The molecule has 0 amide bonds. The molecule has 56 valence electrons. The summed E-state index contributed by atoms with van der Waals surface area (Å²) in [6.07, 6.45) is 7.95. The quantitative estimate of drug-likeness (QED) is 0.576. The van der Waals surface area contributed by atoms with Crippen LogP contribution in [0.5, 0.6) is 0 Å². The molecular weight excluding hydrogens is 122 g/mol. The molecule has 1 nitrogen and oxygen atoms in total. The number of fused-ring (bicyclic) bond motifs is 2.